The summed E-state index contributed by atoms with van der Waals surface area (Å²) in [4.78, 5) is 42.8. The summed E-state index contributed by atoms with van der Waals surface area (Å²) in [5.41, 5.74) is 10.7. The summed E-state index contributed by atoms with van der Waals surface area (Å²) in [5, 5.41) is 10.6. The summed E-state index contributed by atoms with van der Waals surface area (Å²) in [6, 6.07) is 36.0. The molecule has 8 nitrogen and oxygen atoms in total. The van der Waals surface area contributed by atoms with E-state index in [0.717, 1.165) is 38.7 Å². The molecule has 0 aliphatic heterocycles. The van der Waals surface area contributed by atoms with Gasteiger partial charge in [-0.1, -0.05) is 54.6 Å². The van der Waals surface area contributed by atoms with E-state index in [9.17, 15) is 9.90 Å². The van der Waals surface area contributed by atoms with Crippen LogP contribution in [-0.2, 0) is 0 Å². The molecule has 45 heavy (non-hydrogen) atoms. The van der Waals surface area contributed by atoms with Gasteiger partial charge in [-0.25, -0.2) is 34.7 Å². The Hall–Kier alpha value is -6.41. The maximum absolute atomic E-state index is 13.0. The fourth-order valence-electron chi connectivity index (χ4n) is 6.14. The quantitative estimate of drug-likeness (QED) is 0.209. The third-order valence-electron chi connectivity index (χ3n) is 8.16. The fraction of sp³-hybridized carbons (Fsp3) is 0. The zero-order valence-corrected chi connectivity index (χ0v) is 23.5. The van der Waals surface area contributed by atoms with Crippen LogP contribution in [-0.4, -0.2) is 41.0 Å². The van der Waals surface area contributed by atoms with E-state index < -0.39 is 5.97 Å². The minimum atomic E-state index is -1.08. The lowest BCUT2D eigenvalue weighted by Crippen LogP contribution is -2.04. The van der Waals surface area contributed by atoms with Gasteiger partial charge in [-0.05, 0) is 66.2 Å². The molecule has 3 heterocycles. The van der Waals surface area contributed by atoms with Crippen LogP contribution in [0.5, 0.6) is 0 Å². The van der Waals surface area contributed by atoms with Crippen LogP contribution >= 0.6 is 0 Å². The minimum absolute atomic E-state index is 0.0903. The van der Waals surface area contributed by atoms with Crippen LogP contribution in [0.1, 0.15) is 10.4 Å². The first-order valence-electron chi connectivity index (χ1n) is 14.4. The van der Waals surface area contributed by atoms with Crippen molar-refractivity contribution in [1.82, 2.24) is 29.9 Å². The first-order valence-corrected chi connectivity index (χ1v) is 14.4. The molecule has 0 bridgehead atoms. The number of carboxylic acid groups (broad SMARTS) is 1. The zero-order chi connectivity index (χ0) is 30.1. The molecule has 210 valence electrons. The van der Waals surface area contributed by atoms with Crippen LogP contribution in [0, 0.1) is 0 Å². The lowest BCUT2D eigenvalue weighted by molar-refractivity contribution is 0.0698. The normalized spacial score (nSPS) is 11.7. The number of benzene rings is 6. The molecule has 0 spiro atoms. The molecule has 0 fully saturated rings. The van der Waals surface area contributed by atoms with Crippen molar-refractivity contribution in [3.8, 4) is 22.3 Å². The Balaban J connectivity index is 1.49. The molecule has 0 atom stereocenters. The van der Waals surface area contributed by atoms with E-state index in [1.807, 2.05) is 103 Å². The van der Waals surface area contributed by atoms with Gasteiger partial charge in [-0.2, -0.15) is 0 Å². The number of aromatic carboxylic acids is 1. The first kappa shape index (κ1) is 25.1. The van der Waals surface area contributed by atoms with E-state index in [1.165, 1.54) is 0 Å². The molecule has 8 heteroatoms. The highest BCUT2D eigenvalue weighted by Gasteiger charge is 2.25. The molecule has 0 aliphatic carbocycles. The van der Waals surface area contributed by atoms with Crippen molar-refractivity contribution < 1.29 is 9.90 Å². The van der Waals surface area contributed by atoms with Crippen molar-refractivity contribution >= 4 is 72.2 Å². The van der Waals surface area contributed by atoms with Gasteiger partial charge < -0.3 is 5.11 Å². The van der Waals surface area contributed by atoms with Gasteiger partial charge in [0.2, 0.25) is 0 Å². The van der Waals surface area contributed by atoms with Crippen LogP contribution in [0.15, 0.2) is 115 Å². The van der Waals surface area contributed by atoms with Gasteiger partial charge >= 0.3 is 5.97 Å². The van der Waals surface area contributed by atoms with Crippen molar-refractivity contribution in [2.24, 2.45) is 0 Å². The highest BCUT2D eigenvalue weighted by Crippen LogP contribution is 2.43. The predicted molar refractivity (Wildman–Crippen MR) is 176 cm³/mol. The van der Waals surface area contributed by atoms with Crippen molar-refractivity contribution in [3.05, 3.63) is 121 Å². The molecular weight excluding hydrogens is 560 g/mol. The predicted octanol–water partition coefficient (Wildman–Crippen LogP) is 8.01. The van der Waals surface area contributed by atoms with Crippen molar-refractivity contribution in [3.63, 3.8) is 0 Å². The summed E-state index contributed by atoms with van der Waals surface area (Å²) >= 11 is 0. The number of nitrogens with zero attached hydrogens (tertiary/aromatic N) is 6. The first-order chi connectivity index (χ1) is 22.1. The van der Waals surface area contributed by atoms with Crippen LogP contribution in [0.25, 0.3) is 88.5 Å². The zero-order valence-electron chi connectivity index (χ0n) is 23.5. The van der Waals surface area contributed by atoms with Crippen LogP contribution in [0.4, 0.5) is 0 Å². The molecule has 0 unspecified atom stereocenters. The summed E-state index contributed by atoms with van der Waals surface area (Å²) in [6.45, 7) is 0. The molecule has 0 aliphatic rings. The molecule has 9 rings (SSSR count). The molecule has 3 aromatic heterocycles. The number of fused-ring (bicyclic) bond motifs is 6. The second-order valence-corrected chi connectivity index (χ2v) is 10.8. The number of aromatic nitrogens is 6. The SMILES string of the molecule is O=C(O)c1ccc2nc3ccccc3nc2c1-c1c(-c2cccc3nc4ccccc4nc23)ccc2nc3ccccc3nc12. The molecule has 0 saturated heterocycles. The topological polar surface area (TPSA) is 115 Å². The molecule has 0 radical (unpaired) electrons. The Labute approximate surface area is 254 Å². The summed E-state index contributed by atoms with van der Waals surface area (Å²) < 4.78 is 0. The van der Waals surface area contributed by atoms with Crippen LogP contribution in [0.2, 0.25) is 0 Å². The van der Waals surface area contributed by atoms with E-state index in [1.54, 1.807) is 12.1 Å². The van der Waals surface area contributed by atoms with Crippen molar-refractivity contribution in [2.75, 3.05) is 0 Å². The Morgan fingerprint density at radius 1 is 0.378 bits per heavy atom. The highest BCUT2D eigenvalue weighted by molar-refractivity contribution is 6.16. The number of hydrogen-bond acceptors (Lipinski definition) is 7. The van der Waals surface area contributed by atoms with Gasteiger partial charge in [0, 0.05) is 16.7 Å². The third kappa shape index (κ3) is 3.89. The fourth-order valence-corrected chi connectivity index (χ4v) is 6.14. The van der Waals surface area contributed by atoms with Crippen LogP contribution in [0.3, 0.4) is 0 Å². The molecular formula is C37H20N6O2. The molecule has 0 amide bonds. The van der Waals surface area contributed by atoms with Gasteiger partial charge in [-0.15, -0.1) is 0 Å². The monoisotopic (exact) mass is 580 g/mol. The van der Waals surface area contributed by atoms with Crippen molar-refractivity contribution in [2.45, 2.75) is 0 Å². The lowest BCUT2D eigenvalue weighted by Gasteiger charge is -2.18. The Morgan fingerprint density at radius 2 is 0.800 bits per heavy atom. The van der Waals surface area contributed by atoms with Gasteiger partial charge in [-0.3, -0.25) is 0 Å². The standard InChI is InChI=1S/C37H20N6O2/c44-37(45)22-17-19-31-36(43-28-14-6-3-11-25(28)40-31)33(22)32-20(16-18-30-35(32)42-27-13-5-2-10-24(27)39-30)21-8-7-15-29-34(21)41-26-12-4-1-9-23(26)38-29/h1-19H,(H,44,45). The molecule has 0 saturated carbocycles. The lowest BCUT2D eigenvalue weighted by atomic mass is 9.88. The van der Waals surface area contributed by atoms with E-state index in [0.29, 0.717) is 49.7 Å². The molecule has 6 aromatic carbocycles. The van der Waals surface area contributed by atoms with Gasteiger partial charge in [0.25, 0.3) is 0 Å². The van der Waals surface area contributed by atoms with Gasteiger partial charge in [0.1, 0.15) is 0 Å². The molecule has 1 N–H and O–H groups in total. The van der Waals surface area contributed by atoms with Gasteiger partial charge in [0.05, 0.1) is 71.8 Å². The maximum Gasteiger partial charge on any atom is 0.336 e. The molecule has 9 aromatic rings. The Bertz CT molecular complexity index is 2710. The number of para-hydroxylation sites is 7. The van der Waals surface area contributed by atoms with E-state index in [-0.39, 0.29) is 5.56 Å². The largest absolute Gasteiger partial charge is 0.478 e. The summed E-state index contributed by atoms with van der Waals surface area (Å²) in [5.74, 6) is -1.08. The second kappa shape index (κ2) is 9.55. The van der Waals surface area contributed by atoms with Crippen molar-refractivity contribution in [1.29, 1.82) is 0 Å². The minimum Gasteiger partial charge on any atom is -0.478 e. The summed E-state index contributed by atoms with van der Waals surface area (Å²) in [6.07, 6.45) is 0. The number of hydrogen-bond donors (Lipinski definition) is 1. The second-order valence-electron chi connectivity index (χ2n) is 10.8. The van der Waals surface area contributed by atoms with Crippen LogP contribution < -0.4 is 0 Å². The Kier molecular flexibility index (Phi) is 5.33. The summed E-state index contributed by atoms with van der Waals surface area (Å²) in [7, 11) is 0. The van der Waals surface area contributed by atoms with E-state index >= 15 is 0 Å². The third-order valence-corrected chi connectivity index (χ3v) is 8.16. The van der Waals surface area contributed by atoms with Gasteiger partial charge in [0.15, 0.2) is 0 Å². The average molecular weight is 581 g/mol. The maximum atomic E-state index is 13.0. The number of carbonyl (C=O) groups is 1. The number of rotatable bonds is 3. The Morgan fingerprint density at radius 3 is 1.33 bits per heavy atom. The highest BCUT2D eigenvalue weighted by atomic mass is 16.4. The van der Waals surface area contributed by atoms with E-state index in [4.69, 9.17) is 29.9 Å². The average Bonchev–Trinajstić information content (AvgIpc) is 3.07. The van der Waals surface area contributed by atoms with E-state index in [2.05, 4.69) is 0 Å². The smallest absolute Gasteiger partial charge is 0.336 e. The number of carboxylic acids is 1.